The maximum absolute atomic E-state index is 5.48. The highest BCUT2D eigenvalue weighted by molar-refractivity contribution is 5.89. The Morgan fingerprint density at radius 3 is 2.91 bits per heavy atom. The van der Waals surface area contributed by atoms with Crippen LogP contribution in [0.15, 0.2) is 30.6 Å². The molecule has 1 aliphatic rings. The molecule has 2 aromatic rings. The highest BCUT2D eigenvalue weighted by Crippen LogP contribution is 2.24. The van der Waals surface area contributed by atoms with Gasteiger partial charge >= 0.3 is 0 Å². The van der Waals surface area contributed by atoms with E-state index in [-0.39, 0.29) is 0 Å². The van der Waals surface area contributed by atoms with Crippen molar-refractivity contribution in [1.82, 2.24) is 14.9 Å². The molecule has 2 heterocycles. The molecule has 5 nitrogen and oxygen atoms in total. The van der Waals surface area contributed by atoms with E-state index in [1.54, 1.807) is 6.33 Å². The van der Waals surface area contributed by atoms with Gasteiger partial charge in [0.05, 0.1) is 12.1 Å². The minimum Gasteiger partial charge on any atom is -0.380 e. The van der Waals surface area contributed by atoms with Gasteiger partial charge in [0.15, 0.2) is 0 Å². The van der Waals surface area contributed by atoms with Crippen LogP contribution in [-0.2, 0) is 4.74 Å². The van der Waals surface area contributed by atoms with E-state index in [9.17, 15) is 0 Å². The maximum Gasteiger partial charge on any atom is 0.139 e. The summed E-state index contributed by atoms with van der Waals surface area (Å²) in [5, 5.41) is 1.14. The number of fused-ring (bicyclic) bond motifs is 1. The first-order valence-electron chi connectivity index (χ1n) is 8.06. The number of rotatable bonds is 5. The second-order valence-corrected chi connectivity index (χ2v) is 5.74. The molecule has 3 rings (SSSR count). The molecule has 1 atom stereocenters. The van der Waals surface area contributed by atoms with E-state index in [1.807, 2.05) is 19.1 Å². The molecule has 1 aromatic heterocycles. The third-order valence-corrected chi connectivity index (χ3v) is 4.31. The summed E-state index contributed by atoms with van der Waals surface area (Å²) in [6.07, 6.45) is 1.67. The van der Waals surface area contributed by atoms with Crippen molar-refractivity contribution in [3.05, 3.63) is 30.6 Å². The van der Waals surface area contributed by atoms with Crippen molar-refractivity contribution in [1.29, 1.82) is 0 Å². The fourth-order valence-electron chi connectivity index (χ4n) is 3.09. The summed E-state index contributed by atoms with van der Waals surface area (Å²) < 4.78 is 5.48. The lowest BCUT2D eigenvalue weighted by molar-refractivity contribution is 0.0925. The summed E-state index contributed by atoms with van der Waals surface area (Å²) in [5.74, 6) is 1.06. The lowest BCUT2D eigenvalue weighted by atomic mass is 10.1. The summed E-state index contributed by atoms with van der Waals surface area (Å²) in [5.41, 5.74) is 1.01. The van der Waals surface area contributed by atoms with Gasteiger partial charge in [-0.1, -0.05) is 12.1 Å². The van der Waals surface area contributed by atoms with Crippen molar-refractivity contribution < 1.29 is 4.74 Å². The molecule has 0 amide bonds. The Morgan fingerprint density at radius 2 is 2.09 bits per heavy atom. The van der Waals surface area contributed by atoms with Gasteiger partial charge in [-0.15, -0.1) is 0 Å². The maximum atomic E-state index is 5.48. The van der Waals surface area contributed by atoms with Crippen molar-refractivity contribution in [3.8, 4) is 0 Å². The molecule has 118 valence electrons. The van der Waals surface area contributed by atoms with E-state index in [4.69, 9.17) is 4.74 Å². The molecule has 0 aliphatic carbocycles. The third kappa shape index (κ3) is 3.20. The minimum absolute atomic E-state index is 0.503. The summed E-state index contributed by atoms with van der Waals surface area (Å²) in [6, 6.07) is 8.73. The monoisotopic (exact) mass is 300 g/mol. The van der Waals surface area contributed by atoms with Crippen LogP contribution in [0.5, 0.6) is 0 Å². The number of anilines is 1. The van der Waals surface area contributed by atoms with Crippen LogP contribution in [0.2, 0.25) is 0 Å². The van der Waals surface area contributed by atoms with Gasteiger partial charge in [0.2, 0.25) is 0 Å². The van der Waals surface area contributed by atoms with Crippen molar-refractivity contribution in [3.63, 3.8) is 0 Å². The molecule has 22 heavy (non-hydrogen) atoms. The molecule has 1 aliphatic heterocycles. The van der Waals surface area contributed by atoms with Crippen LogP contribution in [0.1, 0.15) is 13.8 Å². The number of ether oxygens (including phenoxy) is 1. The minimum atomic E-state index is 0.503. The summed E-state index contributed by atoms with van der Waals surface area (Å²) in [7, 11) is 0. The van der Waals surface area contributed by atoms with E-state index in [1.165, 1.54) is 0 Å². The van der Waals surface area contributed by atoms with E-state index >= 15 is 0 Å². The van der Waals surface area contributed by atoms with Gasteiger partial charge in [-0.2, -0.15) is 0 Å². The van der Waals surface area contributed by atoms with Gasteiger partial charge in [0, 0.05) is 44.2 Å². The van der Waals surface area contributed by atoms with Gasteiger partial charge in [-0.25, -0.2) is 9.97 Å². The average Bonchev–Trinajstić information content (AvgIpc) is 2.56. The zero-order valence-corrected chi connectivity index (χ0v) is 13.4. The molecule has 5 heteroatoms. The molecular formula is C17H24N4O. The normalized spacial score (nSPS) is 19.7. The third-order valence-electron chi connectivity index (χ3n) is 4.31. The van der Waals surface area contributed by atoms with Gasteiger partial charge in [0.25, 0.3) is 0 Å². The Balaban J connectivity index is 1.72. The van der Waals surface area contributed by atoms with Crippen LogP contribution in [-0.4, -0.2) is 60.3 Å². The SMILES string of the molecule is CCOCCN1CCN(c2ncnc3ccccc23)C[C@H]1C. The lowest BCUT2D eigenvalue weighted by Gasteiger charge is -2.40. The molecule has 0 unspecified atom stereocenters. The van der Waals surface area contributed by atoms with E-state index in [2.05, 4.69) is 38.8 Å². The zero-order valence-electron chi connectivity index (χ0n) is 13.4. The summed E-state index contributed by atoms with van der Waals surface area (Å²) in [6.45, 7) is 9.98. The number of piperazine rings is 1. The van der Waals surface area contributed by atoms with Crippen molar-refractivity contribution >= 4 is 16.7 Å². The quantitative estimate of drug-likeness (QED) is 0.792. The molecule has 1 fully saturated rings. The predicted molar refractivity (Wildman–Crippen MR) is 89.3 cm³/mol. The Labute approximate surface area is 131 Å². The standard InChI is InChI=1S/C17H24N4O/c1-3-22-11-10-20-8-9-21(12-14(20)2)17-15-6-4-5-7-16(15)18-13-19-17/h4-7,13-14H,3,8-12H2,1-2H3/t14-/m1/s1. The Kier molecular flexibility index (Phi) is 4.85. The number of hydrogen-bond acceptors (Lipinski definition) is 5. The van der Waals surface area contributed by atoms with Crippen molar-refractivity contribution in [2.24, 2.45) is 0 Å². The highest BCUT2D eigenvalue weighted by Gasteiger charge is 2.25. The second kappa shape index (κ2) is 7.03. The number of para-hydroxylation sites is 1. The van der Waals surface area contributed by atoms with Gasteiger partial charge < -0.3 is 9.64 Å². The van der Waals surface area contributed by atoms with Crippen molar-refractivity contribution in [2.75, 3.05) is 44.3 Å². The number of hydrogen-bond donors (Lipinski definition) is 0. The molecule has 0 radical (unpaired) electrons. The second-order valence-electron chi connectivity index (χ2n) is 5.74. The molecule has 0 bridgehead atoms. The first-order chi connectivity index (χ1) is 10.8. The van der Waals surface area contributed by atoms with Crippen LogP contribution in [0.3, 0.4) is 0 Å². The van der Waals surface area contributed by atoms with Crippen LogP contribution in [0.25, 0.3) is 10.9 Å². The molecule has 1 saturated heterocycles. The molecule has 0 N–H and O–H groups in total. The Morgan fingerprint density at radius 1 is 1.23 bits per heavy atom. The van der Waals surface area contributed by atoms with Crippen LogP contribution in [0.4, 0.5) is 5.82 Å². The summed E-state index contributed by atoms with van der Waals surface area (Å²) >= 11 is 0. The topological polar surface area (TPSA) is 41.5 Å². The van der Waals surface area contributed by atoms with Crippen LogP contribution >= 0.6 is 0 Å². The number of aromatic nitrogens is 2. The summed E-state index contributed by atoms with van der Waals surface area (Å²) in [4.78, 5) is 13.8. The number of nitrogens with zero attached hydrogens (tertiary/aromatic N) is 4. The fraction of sp³-hybridized carbons (Fsp3) is 0.529. The first-order valence-corrected chi connectivity index (χ1v) is 8.06. The smallest absolute Gasteiger partial charge is 0.139 e. The zero-order chi connectivity index (χ0) is 15.4. The average molecular weight is 300 g/mol. The largest absolute Gasteiger partial charge is 0.380 e. The van der Waals surface area contributed by atoms with Gasteiger partial charge in [-0.05, 0) is 26.0 Å². The van der Waals surface area contributed by atoms with Gasteiger partial charge in [-0.3, -0.25) is 4.90 Å². The van der Waals surface area contributed by atoms with Gasteiger partial charge in [0.1, 0.15) is 12.1 Å². The predicted octanol–water partition coefficient (Wildman–Crippen LogP) is 2.18. The van der Waals surface area contributed by atoms with Crippen molar-refractivity contribution in [2.45, 2.75) is 19.9 Å². The van der Waals surface area contributed by atoms with Crippen LogP contribution in [0, 0.1) is 0 Å². The first kappa shape index (κ1) is 15.2. The van der Waals surface area contributed by atoms with E-state index < -0.39 is 0 Å². The fourth-order valence-corrected chi connectivity index (χ4v) is 3.09. The molecule has 0 saturated carbocycles. The highest BCUT2D eigenvalue weighted by atomic mass is 16.5. The van der Waals surface area contributed by atoms with E-state index in [0.29, 0.717) is 6.04 Å². The molecular weight excluding hydrogens is 276 g/mol. The Hall–Kier alpha value is -1.72. The molecule has 1 aromatic carbocycles. The Bertz CT molecular complexity index is 613. The van der Waals surface area contributed by atoms with E-state index in [0.717, 1.165) is 56.1 Å². The lowest BCUT2D eigenvalue weighted by Crippen LogP contribution is -2.53. The van der Waals surface area contributed by atoms with Crippen LogP contribution < -0.4 is 4.90 Å². The number of benzene rings is 1. The molecule has 0 spiro atoms.